The molecule has 3 aromatic carbocycles. The molecule has 2 amide bonds. The summed E-state index contributed by atoms with van der Waals surface area (Å²) in [7, 11) is 0. The van der Waals surface area contributed by atoms with Gasteiger partial charge in [-0.25, -0.2) is 0 Å². The summed E-state index contributed by atoms with van der Waals surface area (Å²) in [5.74, 6) is -0.490. The number of rotatable bonds is 2. The Kier molecular flexibility index (Phi) is 3.56. The highest BCUT2D eigenvalue weighted by Gasteiger charge is 2.70. The van der Waals surface area contributed by atoms with Crippen molar-refractivity contribution in [3.8, 4) is 0 Å². The molecule has 0 radical (unpaired) electrons. The van der Waals surface area contributed by atoms with E-state index in [9.17, 15) is 9.59 Å². The van der Waals surface area contributed by atoms with Gasteiger partial charge in [-0.15, -0.1) is 0 Å². The molecule has 32 heavy (non-hydrogen) atoms. The Morgan fingerprint density at radius 2 is 1.56 bits per heavy atom. The van der Waals surface area contributed by atoms with Gasteiger partial charge in [0.05, 0.1) is 23.2 Å². The van der Waals surface area contributed by atoms with Crippen LogP contribution in [-0.4, -0.2) is 23.6 Å². The van der Waals surface area contributed by atoms with Crippen molar-refractivity contribution in [2.45, 2.75) is 19.4 Å². The van der Waals surface area contributed by atoms with Crippen LogP contribution >= 0.6 is 0 Å². The molecule has 1 saturated heterocycles. The first-order valence-corrected chi connectivity index (χ1v) is 11.3. The lowest BCUT2D eigenvalue weighted by Crippen LogP contribution is -2.41. The van der Waals surface area contributed by atoms with E-state index in [1.54, 1.807) is 0 Å². The summed E-state index contributed by atoms with van der Waals surface area (Å²) in [4.78, 5) is 34.5. The van der Waals surface area contributed by atoms with E-state index in [1.165, 1.54) is 10.5 Å². The molecule has 5 heteroatoms. The molecule has 158 valence electrons. The minimum Gasteiger partial charge on any atom is -0.391 e. The molecule has 4 aliphatic rings. The van der Waals surface area contributed by atoms with Crippen molar-refractivity contribution >= 4 is 34.0 Å². The lowest BCUT2D eigenvalue weighted by molar-refractivity contribution is -0.125. The molecule has 6 atom stereocenters. The number of aryl methyl sites for hydroxylation is 1. The van der Waals surface area contributed by atoms with Gasteiger partial charge in [0.15, 0.2) is 0 Å². The topological polar surface area (TPSA) is 59.0 Å². The summed E-state index contributed by atoms with van der Waals surface area (Å²) >= 11 is 0. The van der Waals surface area contributed by atoms with Crippen molar-refractivity contribution in [1.29, 1.82) is 0 Å². The Bertz CT molecular complexity index is 1330. The van der Waals surface area contributed by atoms with Crippen LogP contribution in [0.1, 0.15) is 17.5 Å². The minimum atomic E-state index is -0.298. The molecular weight excluding hydrogens is 400 g/mol. The van der Waals surface area contributed by atoms with Crippen LogP contribution in [0.15, 0.2) is 71.9 Å². The van der Waals surface area contributed by atoms with Gasteiger partial charge in [0.1, 0.15) is 6.10 Å². The minimum absolute atomic E-state index is 0.0450. The largest absolute Gasteiger partial charge is 0.391 e. The Balaban J connectivity index is 1.25. The van der Waals surface area contributed by atoms with Gasteiger partial charge in [-0.2, -0.15) is 0 Å². The lowest BCUT2D eigenvalue weighted by atomic mass is 9.71. The molecule has 5 nitrogen and oxygen atoms in total. The number of fused-ring (bicyclic) bond motifs is 9. The Labute approximate surface area is 185 Å². The second-order valence-corrected chi connectivity index (χ2v) is 9.60. The standard InChI is InChI=1S/C27H22N2O3/c1-14-6-8-16(9-7-14)24-23-19-13-20(25(23)32-28-24)22-21(19)26(30)29(27(22)31)18-11-10-15-4-2-3-5-17(15)12-18/h2-12,19-23,25H,13H2,1H3/t19-,20+,21+,22-,23-,25-/m1/s1. The molecule has 0 spiro atoms. The Morgan fingerprint density at radius 1 is 0.844 bits per heavy atom. The van der Waals surface area contributed by atoms with Crippen LogP contribution in [0.2, 0.25) is 0 Å². The number of hydrogen-bond donors (Lipinski definition) is 0. The van der Waals surface area contributed by atoms with Crippen LogP contribution in [0.3, 0.4) is 0 Å². The van der Waals surface area contributed by atoms with E-state index in [2.05, 4.69) is 36.3 Å². The molecule has 7 rings (SSSR count). The number of carbonyl (C=O) groups excluding carboxylic acids is 2. The fourth-order valence-corrected chi connectivity index (χ4v) is 6.66. The first kappa shape index (κ1) is 18.1. The maximum Gasteiger partial charge on any atom is 0.238 e. The molecule has 3 fully saturated rings. The summed E-state index contributed by atoms with van der Waals surface area (Å²) in [5, 5.41) is 6.55. The van der Waals surface area contributed by atoms with E-state index in [1.807, 2.05) is 42.5 Å². The number of amides is 2. The van der Waals surface area contributed by atoms with Gasteiger partial charge in [-0.3, -0.25) is 14.5 Å². The number of nitrogens with zero attached hydrogens (tertiary/aromatic N) is 2. The first-order valence-electron chi connectivity index (χ1n) is 11.3. The third kappa shape index (κ3) is 2.26. The molecule has 2 aliphatic heterocycles. The molecule has 2 saturated carbocycles. The van der Waals surface area contributed by atoms with Gasteiger partial charge in [-0.1, -0.05) is 65.3 Å². The Morgan fingerprint density at radius 3 is 2.34 bits per heavy atom. The first-order chi connectivity index (χ1) is 15.6. The Hall–Kier alpha value is -3.47. The van der Waals surface area contributed by atoms with E-state index in [0.717, 1.165) is 28.5 Å². The summed E-state index contributed by atoms with van der Waals surface area (Å²) in [5.41, 5.74) is 3.85. The van der Waals surface area contributed by atoms with Crippen molar-refractivity contribution in [3.63, 3.8) is 0 Å². The molecule has 0 aromatic heterocycles. The number of carbonyl (C=O) groups is 2. The van der Waals surface area contributed by atoms with Crippen LogP contribution in [0.25, 0.3) is 10.8 Å². The third-order valence-corrected chi connectivity index (χ3v) is 8.03. The monoisotopic (exact) mass is 422 g/mol. The smallest absolute Gasteiger partial charge is 0.238 e. The normalized spacial score (nSPS) is 32.3. The maximum absolute atomic E-state index is 13.6. The predicted octanol–water partition coefficient (Wildman–Crippen LogP) is 4.32. The van der Waals surface area contributed by atoms with Gasteiger partial charge < -0.3 is 4.84 Å². The van der Waals surface area contributed by atoms with Gasteiger partial charge >= 0.3 is 0 Å². The summed E-state index contributed by atoms with van der Waals surface area (Å²) < 4.78 is 0. The maximum atomic E-state index is 13.6. The fraction of sp³-hybridized carbons (Fsp3) is 0.296. The van der Waals surface area contributed by atoms with E-state index in [-0.39, 0.29) is 47.5 Å². The van der Waals surface area contributed by atoms with Crippen LogP contribution in [0.4, 0.5) is 5.69 Å². The van der Waals surface area contributed by atoms with Gasteiger partial charge in [0.2, 0.25) is 11.8 Å². The number of anilines is 1. The zero-order valence-corrected chi connectivity index (χ0v) is 17.6. The molecule has 0 N–H and O–H groups in total. The van der Waals surface area contributed by atoms with Crippen molar-refractivity contribution < 1.29 is 14.4 Å². The second-order valence-electron chi connectivity index (χ2n) is 9.60. The average molecular weight is 422 g/mol. The molecule has 2 bridgehead atoms. The van der Waals surface area contributed by atoms with Crippen molar-refractivity contribution in [2.75, 3.05) is 4.90 Å². The molecule has 3 aromatic rings. The number of oxime groups is 1. The summed E-state index contributed by atoms with van der Waals surface area (Å²) in [6.07, 6.45) is 0.754. The number of hydrogen-bond acceptors (Lipinski definition) is 4. The highest BCUT2D eigenvalue weighted by molar-refractivity contribution is 6.23. The second kappa shape index (κ2) is 6.28. The SMILES string of the molecule is Cc1ccc(C2=NO[C@@H]3[C@H]4C[C@@H]([C@H]23)[C@@H]2C(=O)N(c3ccc5ccccc5c3)C(=O)[C@H]42)cc1. The van der Waals surface area contributed by atoms with Crippen LogP contribution in [0.5, 0.6) is 0 Å². The van der Waals surface area contributed by atoms with E-state index >= 15 is 0 Å². The third-order valence-electron chi connectivity index (χ3n) is 8.03. The van der Waals surface area contributed by atoms with Crippen LogP contribution in [0, 0.1) is 36.5 Å². The van der Waals surface area contributed by atoms with E-state index in [4.69, 9.17) is 4.84 Å². The summed E-state index contributed by atoms with van der Waals surface area (Å²) in [6.45, 7) is 2.06. The number of benzene rings is 3. The fourth-order valence-electron chi connectivity index (χ4n) is 6.66. The average Bonchev–Trinajstić information content (AvgIpc) is 3.54. The summed E-state index contributed by atoms with van der Waals surface area (Å²) in [6, 6.07) is 22.1. The van der Waals surface area contributed by atoms with Crippen molar-refractivity contribution in [1.82, 2.24) is 0 Å². The zero-order valence-electron chi connectivity index (χ0n) is 17.6. The van der Waals surface area contributed by atoms with Crippen LogP contribution < -0.4 is 4.90 Å². The van der Waals surface area contributed by atoms with Crippen molar-refractivity contribution in [3.05, 3.63) is 77.9 Å². The molecular formula is C27H22N2O3. The highest BCUT2D eigenvalue weighted by Crippen LogP contribution is 2.62. The van der Waals surface area contributed by atoms with Crippen molar-refractivity contribution in [2.24, 2.45) is 34.7 Å². The van der Waals surface area contributed by atoms with E-state index < -0.39 is 0 Å². The van der Waals surface area contributed by atoms with Gasteiger partial charge in [0.25, 0.3) is 0 Å². The predicted molar refractivity (Wildman–Crippen MR) is 121 cm³/mol. The molecule has 2 heterocycles. The lowest BCUT2D eigenvalue weighted by Gasteiger charge is -2.29. The quantitative estimate of drug-likeness (QED) is 0.578. The van der Waals surface area contributed by atoms with Gasteiger partial charge in [-0.05, 0) is 47.7 Å². The molecule has 2 aliphatic carbocycles. The van der Waals surface area contributed by atoms with E-state index in [0.29, 0.717) is 5.69 Å². The number of imide groups is 1. The highest BCUT2D eigenvalue weighted by atomic mass is 16.6. The van der Waals surface area contributed by atoms with Crippen LogP contribution in [-0.2, 0) is 14.4 Å². The molecule has 0 unspecified atom stereocenters. The van der Waals surface area contributed by atoms with Gasteiger partial charge in [0, 0.05) is 11.8 Å². The zero-order chi connectivity index (χ0) is 21.6.